The number of aryl methyl sites for hydroxylation is 1. The minimum atomic E-state index is -0.523. The standard InChI is InChI=1S/C22H21BrN2O5/c1-13-16-11-14(23)3-6-19(16)30-20(13)21(26)24-18-5-4-15(12-17(18)22(27)28-2)25-7-9-29-10-8-25/h3-6,11-12H,7-10H2,1-2H3,(H,24,26). The molecule has 0 aliphatic carbocycles. The highest BCUT2D eigenvalue weighted by molar-refractivity contribution is 9.10. The molecule has 7 nitrogen and oxygen atoms in total. The number of esters is 1. The molecule has 1 saturated heterocycles. The topological polar surface area (TPSA) is 81.0 Å². The predicted octanol–water partition coefficient (Wildman–Crippen LogP) is 4.38. The van der Waals surface area contributed by atoms with Crippen LogP contribution in [0.2, 0.25) is 0 Å². The number of fused-ring (bicyclic) bond motifs is 1. The molecular weight excluding hydrogens is 452 g/mol. The Hall–Kier alpha value is -2.84. The first-order valence-corrected chi connectivity index (χ1v) is 10.3. The molecule has 2 heterocycles. The molecule has 0 radical (unpaired) electrons. The lowest BCUT2D eigenvalue weighted by Crippen LogP contribution is -2.36. The smallest absolute Gasteiger partial charge is 0.340 e. The van der Waals surface area contributed by atoms with E-state index in [2.05, 4.69) is 26.1 Å². The van der Waals surface area contributed by atoms with Crippen molar-refractivity contribution in [3.63, 3.8) is 0 Å². The van der Waals surface area contributed by atoms with Crippen molar-refractivity contribution in [2.75, 3.05) is 43.6 Å². The van der Waals surface area contributed by atoms with Crippen LogP contribution in [0.1, 0.15) is 26.5 Å². The number of ether oxygens (including phenoxy) is 2. The van der Waals surface area contributed by atoms with Gasteiger partial charge in [-0.2, -0.15) is 0 Å². The molecule has 1 N–H and O–H groups in total. The number of carbonyl (C=O) groups excluding carboxylic acids is 2. The van der Waals surface area contributed by atoms with Crippen LogP contribution in [0.25, 0.3) is 11.0 Å². The van der Waals surface area contributed by atoms with Crippen molar-refractivity contribution < 1.29 is 23.5 Å². The number of carbonyl (C=O) groups is 2. The van der Waals surface area contributed by atoms with E-state index < -0.39 is 11.9 Å². The van der Waals surface area contributed by atoms with Crippen molar-refractivity contribution in [3.05, 3.63) is 57.8 Å². The van der Waals surface area contributed by atoms with Crippen molar-refractivity contribution in [1.29, 1.82) is 0 Å². The minimum absolute atomic E-state index is 0.205. The van der Waals surface area contributed by atoms with Crippen LogP contribution in [0, 0.1) is 6.92 Å². The van der Waals surface area contributed by atoms with E-state index in [1.54, 1.807) is 18.2 Å². The van der Waals surface area contributed by atoms with Crippen molar-refractivity contribution >= 4 is 50.2 Å². The molecule has 3 aromatic rings. The lowest BCUT2D eigenvalue weighted by Gasteiger charge is -2.29. The molecule has 1 fully saturated rings. The second-order valence-corrected chi connectivity index (χ2v) is 7.89. The third-order valence-corrected chi connectivity index (χ3v) is 5.63. The maximum absolute atomic E-state index is 12.9. The average Bonchev–Trinajstić information content (AvgIpc) is 3.10. The molecule has 156 valence electrons. The molecule has 30 heavy (non-hydrogen) atoms. The number of furan rings is 1. The molecule has 1 aliphatic heterocycles. The second kappa shape index (κ2) is 8.49. The number of hydrogen-bond acceptors (Lipinski definition) is 6. The van der Waals surface area contributed by atoms with Gasteiger partial charge >= 0.3 is 5.97 Å². The van der Waals surface area contributed by atoms with E-state index in [0.29, 0.717) is 24.5 Å². The van der Waals surface area contributed by atoms with Crippen LogP contribution >= 0.6 is 15.9 Å². The van der Waals surface area contributed by atoms with Crippen LogP contribution in [0.4, 0.5) is 11.4 Å². The summed E-state index contributed by atoms with van der Waals surface area (Å²) in [4.78, 5) is 27.5. The molecule has 1 aliphatic rings. The van der Waals surface area contributed by atoms with E-state index in [9.17, 15) is 9.59 Å². The number of nitrogens with zero attached hydrogens (tertiary/aromatic N) is 1. The van der Waals surface area contributed by atoms with Crippen LogP contribution in [-0.2, 0) is 9.47 Å². The Morgan fingerprint density at radius 1 is 1.13 bits per heavy atom. The number of amides is 1. The average molecular weight is 473 g/mol. The molecule has 0 unspecified atom stereocenters. The molecule has 0 bridgehead atoms. The first-order chi connectivity index (χ1) is 14.5. The Morgan fingerprint density at radius 3 is 2.63 bits per heavy atom. The maximum atomic E-state index is 12.9. The fourth-order valence-electron chi connectivity index (χ4n) is 3.53. The first kappa shape index (κ1) is 20.4. The molecule has 1 amide bonds. The van der Waals surface area contributed by atoms with Gasteiger partial charge < -0.3 is 24.1 Å². The lowest BCUT2D eigenvalue weighted by molar-refractivity contribution is 0.0602. The van der Waals surface area contributed by atoms with Crippen LogP contribution < -0.4 is 10.2 Å². The number of benzene rings is 2. The van der Waals surface area contributed by atoms with Crippen LogP contribution in [-0.4, -0.2) is 45.3 Å². The van der Waals surface area contributed by atoms with Gasteiger partial charge in [-0.25, -0.2) is 4.79 Å². The molecule has 1 aromatic heterocycles. The summed E-state index contributed by atoms with van der Waals surface area (Å²) < 4.78 is 17.0. The van der Waals surface area contributed by atoms with Crippen LogP contribution in [0.5, 0.6) is 0 Å². The van der Waals surface area contributed by atoms with Gasteiger partial charge in [-0.3, -0.25) is 4.79 Å². The minimum Gasteiger partial charge on any atom is -0.465 e. The third kappa shape index (κ3) is 3.93. The predicted molar refractivity (Wildman–Crippen MR) is 117 cm³/mol. The van der Waals surface area contributed by atoms with Crippen LogP contribution in [0.3, 0.4) is 0 Å². The van der Waals surface area contributed by atoms with Gasteiger partial charge in [0.15, 0.2) is 5.76 Å². The van der Waals surface area contributed by atoms with Crippen LogP contribution in [0.15, 0.2) is 45.3 Å². The zero-order valence-corrected chi connectivity index (χ0v) is 18.2. The summed E-state index contributed by atoms with van der Waals surface area (Å²) in [6.07, 6.45) is 0. The molecule has 0 atom stereocenters. The lowest BCUT2D eigenvalue weighted by atomic mass is 10.1. The molecule has 4 rings (SSSR count). The largest absolute Gasteiger partial charge is 0.465 e. The second-order valence-electron chi connectivity index (χ2n) is 6.97. The molecule has 0 spiro atoms. The first-order valence-electron chi connectivity index (χ1n) is 9.53. The summed E-state index contributed by atoms with van der Waals surface area (Å²) in [7, 11) is 1.32. The Labute approximate surface area is 182 Å². The summed E-state index contributed by atoms with van der Waals surface area (Å²) in [5.74, 6) is -0.745. The van der Waals surface area contributed by atoms with E-state index in [1.807, 2.05) is 25.1 Å². The molecule has 0 saturated carbocycles. The highest BCUT2D eigenvalue weighted by Crippen LogP contribution is 2.30. The third-order valence-electron chi connectivity index (χ3n) is 5.14. The maximum Gasteiger partial charge on any atom is 0.340 e. The highest BCUT2D eigenvalue weighted by Gasteiger charge is 2.22. The van der Waals surface area contributed by atoms with E-state index in [1.165, 1.54) is 7.11 Å². The highest BCUT2D eigenvalue weighted by atomic mass is 79.9. The number of rotatable bonds is 4. The zero-order chi connectivity index (χ0) is 21.3. The summed E-state index contributed by atoms with van der Waals surface area (Å²) in [6, 6.07) is 10.9. The Kier molecular flexibility index (Phi) is 5.78. The van der Waals surface area contributed by atoms with Gasteiger partial charge in [0, 0.05) is 34.2 Å². The number of nitrogens with one attached hydrogen (secondary N) is 1. The number of methoxy groups -OCH3 is 1. The summed E-state index contributed by atoms with van der Waals surface area (Å²) in [5.41, 5.74) is 2.88. The van der Waals surface area contributed by atoms with Gasteiger partial charge in [-0.1, -0.05) is 15.9 Å². The zero-order valence-electron chi connectivity index (χ0n) is 16.7. The number of hydrogen-bond donors (Lipinski definition) is 1. The number of morpholine rings is 1. The Bertz CT molecular complexity index is 1120. The van der Waals surface area contributed by atoms with Crippen molar-refractivity contribution in [1.82, 2.24) is 0 Å². The van der Waals surface area contributed by atoms with E-state index >= 15 is 0 Å². The number of anilines is 2. The molecular formula is C22H21BrN2O5. The summed E-state index contributed by atoms with van der Waals surface area (Å²) >= 11 is 3.43. The Morgan fingerprint density at radius 2 is 1.90 bits per heavy atom. The molecule has 8 heteroatoms. The Balaban J connectivity index is 1.65. The van der Waals surface area contributed by atoms with Gasteiger partial charge in [0.05, 0.1) is 31.6 Å². The van der Waals surface area contributed by atoms with E-state index in [-0.39, 0.29) is 11.3 Å². The van der Waals surface area contributed by atoms with Crippen molar-refractivity contribution in [3.8, 4) is 0 Å². The van der Waals surface area contributed by atoms with Gasteiger partial charge in [-0.05, 0) is 43.3 Å². The fraction of sp³-hybridized carbons (Fsp3) is 0.273. The SMILES string of the molecule is COC(=O)c1cc(N2CCOCC2)ccc1NC(=O)c1oc2ccc(Br)cc2c1C. The quantitative estimate of drug-likeness (QED) is 0.567. The monoisotopic (exact) mass is 472 g/mol. The van der Waals surface area contributed by atoms with Gasteiger partial charge in [0.2, 0.25) is 0 Å². The van der Waals surface area contributed by atoms with E-state index in [0.717, 1.165) is 34.2 Å². The summed E-state index contributed by atoms with van der Waals surface area (Å²) in [5, 5.41) is 3.65. The fourth-order valence-corrected chi connectivity index (χ4v) is 3.89. The van der Waals surface area contributed by atoms with Gasteiger partial charge in [-0.15, -0.1) is 0 Å². The van der Waals surface area contributed by atoms with Gasteiger partial charge in [0.25, 0.3) is 5.91 Å². The normalized spacial score (nSPS) is 14.0. The summed E-state index contributed by atoms with van der Waals surface area (Å²) in [6.45, 7) is 4.57. The molecule has 2 aromatic carbocycles. The van der Waals surface area contributed by atoms with Gasteiger partial charge in [0.1, 0.15) is 5.58 Å². The van der Waals surface area contributed by atoms with E-state index in [4.69, 9.17) is 13.9 Å². The van der Waals surface area contributed by atoms with Crippen molar-refractivity contribution in [2.24, 2.45) is 0 Å². The van der Waals surface area contributed by atoms with Crippen molar-refractivity contribution in [2.45, 2.75) is 6.92 Å². The number of halogens is 1.